The summed E-state index contributed by atoms with van der Waals surface area (Å²) in [6.45, 7) is 2.73. The Morgan fingerprint density at radius 2 is 2.22 bits per heavy atom. The van der Waals surface area contributed by atoms with Crippen LogP contribution in [0.1, 0.15) is 17.7 Å². The summed E-state index contributed by atoms with van der Waals surface area (Å²) in [7, 11) is 0. The van der Waals surface area contributed by atoms with Crippen molar-refractivity contribution in [2.24, 2.45) is 0 Å². The Morgan fingerprint density at radius 3 is 2.96 bits per heavy atom. The second-order valence-corrected chi connectivity index (χ2v) is 5.57. The molecule has 0 spiro atoms. The van der Waals surface area contributed by atoms with Crippen LogP contribution in [0.15, 0.2) is 35.4 Å². The van der Waals surface area contributed by atoms with Gasteiger partial charge in [0.05, 0.1) is 10.7 Å². The fourth-order valence-corrected chi connectivity index (χ4v) is 2.48. The molecule has 0 aliphatic carbocycles. The van der Waals surface area contributed by atoms with E-state index in [9.17, 15) is 4.79 Å². The van der Waals surface area contributed by atoms with E-state index in [1.165, 1.54) is 9.96 Å². The van der Waals surface area contributed by atoms with Gasteiger partial charge in [-0.1, -0.05) is 17.7 Å². The van der Waals surface area contributed by atoms with Crippen LogP contribution in [0, 0.1) is 6.92 Å². The number of halogens is 2. The fourth-order valence-electron chi connectivity index (χ4n) is 2.27. The van der Waals surface area contributed by atoms with Crippen LogP contribution in [-0.4, -0.2) is 26.1 Å². The predicted octanol–water partition coefficient (Wildman–Crippen LogP) is 2.85. The molecule has 8 heteroatoms. The number of pyridine rings is 2. The molecule has 3 aromatic heterocycles. The van der Waals surface area contributed by atoms with E-state index in [2.05, 4.69) is 26.6 Å². The number of fused-ring (bicyclic) bond motifs is 1. The van der Waals surface area contributed by atoms with E-state index in [4.69, 9.17) is 11.6 Å². The average molecular weight is 354 g/mol. The molecule has 0 aromatic carbocycles. The Labute approximate surface area is 144 Å². The van der Waals surface area contributed by atoms with E-state index >= 15 is 0 Å². The second-order valence-electron chi connectivity index (χ2n) is 5.13. The first kappa shape index (κ1) is 17.3. The molecule has 0 radical (unpaired) electrons. The third kappa shape index (κ3) is 4.03. The summed E-state index contributed by atoms with van der Waals surface area (Å²) < 4.78 is 1.40. The number of nitrogens with one attached hydrogen (secondary N) is 2. The first-order chi connectivity index (χ1) is 10.6. The summed E-state index contributed by atoms with van der Waals surface area (Å²) in [4.78, 5) is 15.9. The predicted molar refractivity (Wildman–Crippen MR) is 93.9 cm³/mol. The molecular weight excluding hydrogens is 337 g/mol. The van der Waals surface area contributed by atoms with Crippen molar-refractivity contribution in [1.29, 1.82) is 0 Å². The van der Waals surface area contributed by atoms with E-state index in [0.29, 0.717) is 10.7 Å². The monoisotopic (exact) mass is 353 g/mol. The third-order valence-corrected chi connectivity index (χ3v) is 3.62. The Morgan fingerprint density at radius 1 is 1.39 bits per heavy atom. The molecule has 3 heterocycles. The van der Waals surface area contributed by atoms with Gasteiger partial charge in [-0.25, -0.2) is 14.3 Å². The van der Waals surface area contributed by atoms with Crippen molar-refractivity contribution in [3.8, 4) is 0 Å². The average Bonchev–Trinajstić information content (AvgIpc) is 2.87. The van der Waals surface area contributed by atoms with Gasteiger partial charge in [0, 0.05) is 24.6 Å². The third-order valence-electron chi connectivity index (χ3n) is 3.41. The number of hydrogen-bond acceptors (Lipinski definition) is 4. The number of H-pyrrole nitrogens is 1. The van der Waals surface area contributed by atoms with E-state index in [1.807, 2.05) is 19.2 Å². The highest BCUT2D eigenvalue weighted by molar-refractivity contribution is 6.30. The van der Waals surface area contributed by atoms with Gasteiger partial charge in [0.1, 0.15) is 0 Å². The minimum Gasteiger partial charge on any atom is -0.382 e. The van der Waals surface area contributed by atoms with E-state index < -0.39 is 0 Å². The molecule has 3 aromatic rings. The molecule has 122 valence electrons. The van der Waals surface area contributed by atoms with E-state index in [-0.39, 0.29) is 18.1 Å². The van der Waals surface area contributed by atoms with Crippen LogP contribution in [0.4, 0.5) is 5.69 Å². The fraction of sp³-hybridized carbons (Fsp3) is 0.267. The van der Waals surface area contributed by atoms with Crippen molar-refractivity contribution in [2.45, 2.75) is 19.8 Å². The van der Waals surface area contributed by atoms with Gasteiger partial charge in [-0.05, 0) is 37.5 Å². The first-order valence-electron chi connectivity index (χ1n) is 7.05. The minimum absolute atomic E-state index is 0. The topological polar surface area (TPSA) is 75.1 Å². The van der Waals surface area contributed by atoms with Gasteiger partial charge in [0.25, 0.3) is 0 Å². The lowest BCUT2D eigenvalue weighted by atomic mass is 10.1. The Hall–Kier alpha value is -2.05. The Balaban J connectivity index is 0.00000192. The molecule has 6 nitrogen and oxygen atoms in total. The van der Waals surface area contributed by atoms with Crippen molar-refractivity contribution in [3.05, 3.63) is 57.4 Å². The van der Waals surface area contributed by atoms with Crippen molar-refractivity contribution < 1.29 is 0 Å². The first-order valence-corrected chi connectivity index (χ1v) is 7.43. The largest absolute Gasteiger partial charge is 0.382 e. The van der Waals surface area contributed by atoms with Crippen LogP contribution in [0.3, 0.4) is 0 Å². The maximum absolute atomic E-state index is 11.6. The van der Waals surface area contributed by atoms with Crippen LogP contribution in [0.5, 0.6) is 0 Å². The summed E-state index contributed by atoms with van der Waals surface area (Å²) in [6.07, 6.45) is 5.33. The molecule has 0 aliphatic rings. The SMILES string of the molecule is Cc1ccc(CCCNc2cc(Cl)cn3c(=O)[nH]nc23)cn1.Cl. The zero-order chi connectivity index (χ0) is 15.5. The number of hydrogen-bond donors (Lipinski definition) is 2. The zero-order valence-electron chi connectivity index (χ0n) is 12.5. The molecule has 0 aliphatic heterocycles. The van der Waals surface area contributed by atoms with Crippen LogP contribution >= 0.6 is 24.0 Å². The number of rotatable bonds is 5. The lowest BCUT2D eigenvalue weighted by Crippen LogP contribution is -2.10. The number of nitrogens with zero attached hydrogens (tertiary/aromatic N) is 3. The molecule has 0 saturated heterocycles. The van der Waals surface area contributed by atoms with Gasteiger partial charge in [0.15, 0.2) is 5.65 Å². The lowest BCUT2D eigenvalue weighted by Gasteiger charge is -2.08. The van der Waals surface area contributed by atoms with Crippen LogP contribution < -0.4 is 11.0 Å². The number of aryl methyl sites for hydroxylation is 2. The second kappa shape index (κ2) is 7.48. The van der Waals surface area contributed by atoms with Crippen molar-refractivity contribution in [1.82, 2.24) is 19.6 Å². The van der Waals surface area contributed by atoms with Gasteiger partial charge in [-0.2, -0.15) is 5.10 Å². The van der Waals surface area contributed by atoms with Gasteiger partial charge in [0.2, 0.25) is 0 Å². The summed E-state index contributed by atoms with van der Waals surface area (Å²) in [5, 5.41) is 10.2. The van der Waals surface area contributed by atoms with Crippen molar-refractivity contribution in [2.75, 3.05) is 11.9 Å². The molecule has 2 N–H and O–H groups in total. The summed E-state index contributed by atoms with van der Waals surface area (Å²) in [5.41, 5.74) is 3.22. The minimum atomic E-state index is -0.300. The number of aromatic nitrogens is 4. The maximum atomic E-state index is 11.6. The Kier molecular flexibility index (Phi) is 5.63. The summed E-state index contributed by atoms with van der Waals surface area (Å²) >= 11 is 6.03. The van der Waals surface area contributed by atoms with Crippen molar-refractivity contribution >= 4 is 35.3 Å². The summed E-state index contributed by atoms with van der Waals surface area (Å²) in [6, 6.07) is 5.87. The van der Waals surface area contributed by atoms with Crippen LogP contribution in [-0.2, 0) is 6.42 Å². The molecule has 0 bridgehead atoms. The molecule has 0 atom stereocenters. The van der Waals surface area contributed by atoms with Gasteiger partial charge < -0.3 is 5.32 Å². The van der Waals surface area contributed by atoms with E-state index in [1.54, 1.807) is 12.3 Å². The molecule has 0 amide bonds. The molecular formula is C15H17Cl2N5O. The maximum Gasteiger partial charge on any atom is 0.347 e. The van der Waals surface area contributed by atoms with Crippen LogP contribution in [0.25, 0.3) is 5.65 Å². The standard InChI is InChI=1S/C15H16ClN5O.ClH/c1-10-4-5-11(8-18-10)3-2-6-17-13-7-12(16)9-21-14(13)19-20-15(21)22;/h4-5,7-9,17H,2-3,6H2,1H3,(H,20,22);1H. The van der Waals surface area contributed by atoms with Gasteiger partial charge in [-0.15, -0.1) is 12.4 Å². The molecule has 3 rings (SSSR count). The Bertz CT molecular complexity index is 841. The smallest absolute Gasteiger partial charge is 0.347 e. The van der Waals surface area contributed by atoms with E-state index in [0.717, 1.165) is 30.8 Å². The number of aromatic amines is 1. The van der Waals surface area contributed by atoms with Gasteiger partial charge >= 0.3 is 5.69 Å². The highest BCUT2D eigenvalue weighted by Gasteiger charge is 2.07. The zero-order valence-corrected chi connectivity index (χ0v) is 14.1. The molecule has 0 unspecified atom stereocenters. The highest BCUT2D eigenvalue weighted by Crippen LogP contribution is 2.19. The molecule has 23 heavy (non-hydrogen) atoms. The molecule has 0 fully saturated rings. The normalized spacial score (nSPS) is 10.5. The van der Waals surface area contributed by atoms with Crippen molar-refractivity contribution in [3.63, 3.8) is 0 Å². The number of anilines is 1. The van der Waals surface area contributed by atoms with Gasteiger partial charge in [-0.3, -0.25) is 4.98 Å². The van der Waals surface area contributed by atoms with Crippen LogP contribution in [0.2, 0.25) is 5.02 Å². The quantitative estimate of drug-likeness (QED) is 0.691. The highest BCUT2D eigenvalue weighted by atomic mass is 35.5. The summed E-state index contributed by atoms with van der Waals surface area (Å²) in [5.74, 6) is 0. The lowest BCUT2D eigenvalue weighted by molar-refractivity contribution is 0.856. The molecule has 0 saturated carbocycles.